The summed E-state index contributed by atoms with van der Waals surface area (Å²) in [4.78, 5) is 0. The Kier molecular flexibility index (Phi) is 26.6. The Bertz CT molecular complexity index is 183. The molecule has 8 N–H and O–H groups in total. The second-order valence-corrected chi connectivity index (χ2v) is 3.60. The quantitative estimate of drug-likeness (QED) is 0.422. The minimum absolute atomic E-state index is 0. The van der Waals surface area contributed by atoms with Crippen LogP contribution in [0, 0.1) is 0 Å². The Hall–Kier alpha value is -0.250. The molecule has 0 atom stereocenters. The highest BCUT2D eigenvalue weighted by Gasteiger charge is 1.85. The normalized spacial score (nSPS) is 9.25. The van der Waals surface area contributed by atoms with Crippen molar-refractivity contribution in [1.29, 1.82) is 0 Å². The summed E-state index contributed by atoms with van der Waals surface area (Å²) in [5, 5.41) is 0. The molecule has 7 nitrogen and oxygen atoms in total. The van der Waals surface area contributed by atoms with Gasteiger partial charge in [0.05, 0.1) is 0 Å². The Morgan fingerprint density at radius 1 is 1.00 bits per heavy atom. The first-order valence-electron chi connectivity index (χ1n) is 4.69. The summed E-state index contributed by atoms with van der Waals surface area (Å²) in [6, 6.07) is 0. The lowest BCUT2D eigenvalue weighted by Gasteiger charge is -1.98. The van der Waals surface area contributed by atoms with E-state index in [1.54, 1.807) is 0 Å². The van der Waals surface area contributed by atoms with Crippen LogP contribution in [0.3, 0.4) is 0 Å². The van der Waals surface area contributed by atoms with E-state index in [-0.39, 0.29) is 12.3 Å². The molecule has 0 aromatic carbocycles. The van der Waals surface area contributed by atoms with Crippen molar-refractivity contribution >= 4 is 10.4 Å². The van der Waals surface area contributed by atoms with Crippen molar-refractivity contribution in [2.45, 2.75) is 39.5 Å². The molecule has 0 aliphatic heterocycles. The van der Waals surface area contributed by atoms with Crippen molar-refractivity contribution in [1.82, 2.24) is 12.3 Å². The summed E-state index contributed by atoms with van der Waals surface area (Å²) in [5.74, 6) is 0. The molecule has 0 amide bonds. The topological polar surface area (TPSA) is 154 Å². The third-order valence-electron chi connectivity index (χ3n) is 1.35. The molecular weight excluding hydrogens is 236 g/mol. The zero-order chi connectivity index (χ0) is 11.4. The maximum absolute atomic E-state index is 8.74. The molecule has 0 aromatic rings. The number of rotatable bonds is 6. The summed E-state index contributed by atoms with van der Waals surface area (Å²) in [5.41, 5.74) is 0. The van der Waals surface area contributed by atoms with Gasteiger partial charge in [0.1, 0.15) is 0 Å². The number of unbranched alkanes of at least 4 members (excludes halogenated alkanes) is 3. The molecule has 0 fully saturated rings. The lowest BCUT2D eigenvalue weighted by atomic mass is 10.2. The summed E-state index contributed by atoms with van der Waals surface area (Å²) in [7, 11) is -4.67. The molecule has 104 valence electrons. The molecule has 0 unspecified atom stereocenters. The summed E-state index contributed by atoms with van der Waals surface area (Å²) >= 11 is 0. The monoisotopic (exact) mass is 262 g/mol. The summed E-state index contributed by atoms with van der Waals surface area (Å²) < 4.78 is 36.8. The van der Waals surface area contributed by atoms with Crippen LogP contribution in [0.2, 0.25) is 0 Å². The molecular formula is C8H26N2O5S. The van der Waals surface area contributed by atoms with E-state index in [4.69, 9.17) is 22.3 Å². The van der Waals surface area contributed by atoms with Crippen LogP contribution in [-0.4, -0.2) is 30.7 Å². The van der Waals surface area contributed by atoms with Crippen LogP contribution in [0.4, 0.5) is 0 Å². The van der Waals surface area contributed by atoms with E-state index < -0.39 is 10.4 Å². The fourth-order valence-corrected chi connectivity index (χ4v) is 0.775. The standard InChI is InChI=1S/C8H18O.2H3N.H2O4S/c1-3-5-6-7-8-9-4-2;;;1-5(2,3)4/h3-8H2,1-2H3;2*1H3;(H2,1,2,3,4). The predicted molar refractivity (Wildman–Crippen MR) is 64.9 cm³/mol. The SMILES string of the molecule is CCCCCCOCC.N.N.O=S(=O)(O)O. The van der Waals surface area contributed by atoms with Crippen molar-refractivity contribution in [2.75, 3.05) is 13.2 Å². The molecule has 0 heterocycles. The van der Waals surface area contributed by atoms with Crippen molar-refractivity contribution in [3.05, 3.63) is 0 Å². The summed E-state index contributed by atoms with van der Waals surface area (Å²) in [6.45, 7) is 6.09. The number of ether oxygens (including phenoxy) is 1. The molecule has 0 aliphatic rings. The smallest absolute Gasteiger partial charge is 0.382 e. The Balaban J connectivity index is -0.0000000904. The first kappa shape index (κ1) is 24.8. The van der Waals surface area contributed by atoms with Crippen LogP contribution in [0.25, 0.3) is 0 Å². The van der Waals surface area contributed by atoms with Gasteiger partial charge in [0.15, 0.2) is 0 Å². The minimum Gasteiger partial charge on any atom is -0.382 e. The van der Waals surface area contributed by atoms with Gasteiger partial charge in [-0.05, 0) is 13.3 Å². The van der Waals surface area contributed by atoms with E-state index in [0.717, 1.165) is 13.2 Å². The van der Waals surface area contributed by atoms with Crippen LogP contribution in [0.5, 0.6) is 0 Å². The van der Waals surface area contributed by atoms with Crippen molar-refractivity contribution in [2.24, 2.45) is 0 Å². The Labute approximate surface area is 98.3 Å². The lowest BCUT2D eigenvalue weighted by Crippen LogP contribution is -1.92. The second-order valence-electron chi connectivity index (χ2n) is 2.71. The molecule has 0 rings (SSSR count). The van der Waals surface area contributed by atoms with E-state index in [1.807, 2.05) is 6.92 Å². The molecule has 16 heavy (non-hydrogen) atoms. The molecule has 0 saturated heterocycles. The second kappa shape index (κ2) is 17.2. The molecule has 0 radical (unpaired) electrons. The Morgan fingerprint density at radius 3 is 1.75 bits per heavy atom. The number of hydrogen-bond acceptors (Lipinski definition) is 5. The fourth-order valence-electron chi connectivity index (χ4n) is 0.775. The highest BCUT2D eigenvalue weighted by atomic mass is 32.3. The maximum atomic E-state index is 8.74. The number of hydrogen-bond donors (Lipinski definition) is 4. The maximum Gasteiger partial charge on any atom is 0.394 e. The van der Waals surface area contributed by atoms with Crippen LogP contribution in [0.1, 0.15) is 39.5 Å². The van der Waals surface area contributed by atoms with Crippen molar-refractivity contribution < 1.29 is 22.3 Å². The van der Waals surface area contributed by atoms with Gasteiger partial charge in [-0.25, -0.2) is 0 Å². The van der Waals surface area contributed by atoms with Gasteiger partial charge < -0.3 is 17.0 Å². The zero-order valence-corrected chi connectivity index (χ0v) is 11.0. The molecule has 0 aromatic heterocycles. The van der Waals surface area contributed by atoms with Crippen molar-refractivity contribution in [3.63, 3.8) is 0 Å². The average molecular weight is 262 g/mol. The van der Waals surface area contributed by atoms with Gasteiger partial charge >= 0.3 is 10.4 Å². The highest BCUT2D eigenvalue weighted by molar-refractivity contribution is 7.79. The van der Waals surface area contributed by atoms with Gasteiger partial charge in [0, 0.05) is 13.2 Å². The summed E-state index contributed by atoms with van der Waals surface area (Å²) in [6.07, 6.45) is 5.23. The van der Waals surface area contributed by atoms with E-state index in [9.17, 15) is 0 Å². The molecule has 0 saturated carbocycles. The van der Waals surface area contributed by atoms with Crippen molar-refractivity contribution in [3.8, 4) is 0 Å². The average Bonchev–Trinajstić information content (AvgIpc) is 2.01. The van der Waals surface area contributed by atoms with E-state index in [2.05, 4.69) is 6.92 Å². The molecule has 0 bridgehead atoms. The third-order valence-corrected chi connectivity index (χ3v) is 1.35. The largest absolute Gasteiger partial charge is 0.394 e. The van der Waals surface area contributed by atoms with E-state index in [1.165, 1.54) is 25.7 Å². The third kappa shape index (κ3) is 67.6. The molecule has 0 spiro atoms. The fraction of sp³-hybridized carbons (Fsp3) is 1.00. The molecule has 8 heteroatoms. The highest BCUT2D eigenvalue weighted by Crippen LogP contribution is 1.98. The van der Waals surface area contributed by atoms with Gasteiger partial charge in [0.2, 0.25) is 0 Å². The first-order chi connectivity index (χ1) is 6.41. The van der Waals surface area contributed by atoms with Gasteiger partial charge in [-0.3, -0.25) is 9.11 Å². The first-order valence-corrected chi connectivity index (χ1v) is 6.09. The van der Waals surface area contributed by atoms with Gasteiger partial charge in [-0.1, -0.05) is 26.2 Å². The van der Waals surface area contributed by atoms with Gasteiger partial charge in [-0.15, -0.1) is 0 Å². The van der Waals surface area contributed by atoms with Crippen LogP contribution in [-0.2, 0) is 15.1 Å². The van der Waals surface area contributed by atoms with Gasteiger partial charge in [0.25, 0.3) is 0 Å². The molecule has 0 aliphatic carbocycles. The van der Waals surface area contributed by atoms with Gasteiger partial charge in [-0.2, -0.15) is 8.42 Å². The lowest BCUT2D eigenvalue weighted by molar-refractivity contribution is 0.143. The predicted octanol–water partition coefficient (Wildman–Crippen LogP) is 2.27. The van der Waals surface area contributed by atoms with E-state index >= 15 is 0 Å². The van der Waals surface area contributed by atoms with Crippen LogP contribution < -0.4 is 12.3 Å². The Morgan fingerprint density at radius 2 is 1.44 bits per heavy atom. The van der Waals surface area contributed by atoms with Crippen LogP contribution in [0.15, 0.2) is 0 Å². The zero-order valence-electron chi connectivity index (χ0n) is 10.2. The van der Waals surface area contributed by atoms with Crippen LogP contribution >= 0.6 is 0 Å². The minimum atomic E-state index is -4.67. The van der Waals surface area contributed by atoms with E-state index in [0.29, 0.717) is 0 Å².